The van der Waals surface area contributed by atoms with E-state index in [1.807, 2.05) is 12.1 Å². The van der Waals surface area contributed by atoms with E-state index < -0.39 is 24.3 Å². The van der Waals surface area contributed by atoms with Gasteiger partial charge in [-0.3, -0.25) is 14.1 Å². The average Bonchev–Trinajstić information content (AvgIpc) is 2.80. The molecular formula is C25H37ClFN3O5. The molecule has 1 aromatic carbocycles. The molecule has 3 rings (SSSR count). The summed E-state index contributed by atoms with van der Waals surface area (Å²) in [7, 11) is 3.22. The van der Waals surface area contributed by atoms with Gasteiger partial charge in [0, 0.05) is 37.4 Å². The van der Waals surface area contributed by atoms with E-state index in [1.54, 1.807) is 35.0 Å². The normalized spacial score (nSPS) is 22.9. The fourth-order valence-electron chi connectivity index (χ4n) is 4.80. The van der Waals surface area contributed by atoms with Crippen LogP contribution in [0.2, 0.25) is 0 Å². The number of fused-ring (bicyclic) bond motifs is 3. The number of halogens is 2. The number of piperidine rings is 1. The summed E-state index contributed by atoms with van der Waals surface area (Å²) in [6, 6.07) is 3.30. The number of alkyl halides is 2. The summed E-state index contributed by atoms with van der Waals surface area (Å²) >= 11 is 5.78. The number of ether oxygens (including phenoxy) is 3. The van der Waals surface area contributed by atoms with Crippen LogP contribution in [-0.2, 0) is 16.0 Å². The van der Waals surface area contributed by atoms with Crippen molar-refractivity contribution < 1.29 is 28.2 Å². The van der Waals surface area contributed by atoms with Crippen molar-refractivity contribution in [3.63, 3.8) is 0 Å². The molecular weight excluding hydrogens is 477 g/mol. The smallest absolute Gasteiger partial charge is 0.407 e. The standard InChI is InChI=1S/C25H37ClFN3O5/c1-25(2,3)35-24(32)29-18-11-20-17-10-22(34-5)21(33-4)9-16(17)6-7-30(20)14-19(18)28-23(31)8-15(12-26)13-27/h9-10,15,18-20H,6-8,11-14H2,1-5H3,(H,28,31)(H,29,32)/t15-,18?,19+,20+/m1/s1. The second-order valence-corrected chi connectivity index (χ2v) is 10.5. The first-order valence-electron chi connectivity index (χ1n) is 12.0. The van der Waals surface area contributed by atoms with Gasteiger partial charge in [0.2, 0.25) is 5.91 Å². The lowest BCUT2D eigenvalue weighted by Gasteiger charge is -2.47. The van der Waals surface area contributed by atoms with Gasteiger partial charge in [-0.15, -0.1) is 11.6 Å². The fourth-order valence-corrected chi connectivity index (χ4v) is 4.99. The van der Waals surface area contributed by atoms with Crippen LogP contribution in [0.4, 0.5) is 9.18 Å². The predicted molar refractivity (Wildman–Crippen MR) is 132 cm³/mol. The average molecular weight is 514 g/mol. The van der Waals surface area contributed by atoms with Gasteiger partial charge in [-0.2, -0.15) is 0 Å². The zero-order chi connectivity index (χ0) is 25.8. The molecule has 2 amide bonds. The zero-order valence-electron chi connectivity index (χ0n) is 21.2. The molecule has 0 aliphatic carbocycles. The highest BCUT2D eigenvalue weighted by Gasteiger charge is 2.41. The Morgan fingerprint density at radius 2 is 1.86 bits per heavy atom. The van der Waals surface area contributed by atoms with E-state index >= 15 is 0 Å². The van der Waals surface area contributed by atoms with E-state index in [0.29, 0.717) is 24.5 Å². The number of alkyl carbamates (subject to hydrolysis) is 1. The minimum Gasteiger partial charge on any atom is -0.493 e. The molecule has 0 aromatic heterocycles. The summed E-state index contributed by atoms with van der Waals surface area (Å²) in [6.45, 7) is 6.08. The highest BCUT2D eigenvalue weighted by atomic mass is 35.5. The molecule has 0 radical (unpaired) electrons. The first kappa shape index (κ1) is 27.3. The lowest BCUT2D eigenvalue weighted by atomic mass is 9.82. The van der Waals surface area contributed by atoms with Crippen LogP contribution in [0.15, 0.2) is 12.1 Å². The molecule has 2 heterocycles. The quantitative estimate of drug-likeness (QED) is 0.516. The van der Waals surface area contributed by atoms with Crippen LogP contribution in [0.5, 0.6) is 11.5 Å². The Labute approximate surface area is 211 Å². The van der Waals surface area contributed by atoms with Gasteiger partial charge in [-0.25, -0.2) is 4.79 Å². The predicted octanol–water partition coefficient (Wildman–Crippen LogP) is 3.60. The second-order valence-electron chi connectivity index (χ2n) is 10.2. The summed E-state index contributed by atoms with van der Waals surface area (Å²) < 4.78 is 29.6. The highest BCUT2D eigenvalue weighted by molar-refractivity contribution is 6.18. The van der Waals surface area contributed by atoms with Crippen LogP contribution in [0, 0.1) is 5.92 Å². The number of nitrogens with one attached hydrogen (secondary N) is 2. The Balaban J connectivity index is 1.84. The van der Waals surface area contributed by atoms with Crippen molar-refractivity contribution in [2.24, 2.45) is 5.92 Å². The topological polar surface area (TPSA) is 89.1 Å². The van der Waals surface area contributed by atoms with Crippen LogP contribution in [0.1, 0.15) is 50.8 Å². The van der Waals surface area contributed by atoms with Crippen molar-refractivity contribution >= 4 is 23.6 Å². The molecule has 1 unspecified atom stereocenters. The van der Waals surface area contributed by atoms with Crippen molar-refractivity contribution in [1.82, 2.24) is 15.5 Å². The third-order valence-corrected chi connectivity index (χ3v) is 6.90. The largest absolute Gasteiger partial charge is 0.493 e. The van der Waals surface area contributed by atoms with Gasteiger partial charge in [0.1, 0.15) is 5.60 Å². The van der Waals surface area contributed by atoms with E-state index in [2.05, 4.69) is 15.5 Å². The molecule has 1 saturated heterocycles. The molecule has 10 heteroatoms. The van der Waals surface area contributed by atoms with Crippen molar-refractivity contribution in [3.8, 4) is 11.5 Å². The van der Waals surface area contributed by atoms with Gasteiger partial charge in [0.25, 0.3) is 0 Å². The number of carbonyl (C=O) groups is 2. The molecule has 35 heavy (non-hydrogen) atoms. The van der Waals surface area contributed by atoms with E-state index in [1.165, 1.54) is 5.56 Å². The van der Waals surface area contributed by atoms with Crippen LogP contribution < -0.4 is 20.1 Å². The Bertz CT molecular complexity index is 906. The number of nitrogens with zero attached hydrogens (tertiary/aromatic N) is 1. The first-order valence-corrected chi connectivity index (χ1v) is 12.5. The number of amides is 2. The monoisotopic (exact) mass is 513 g/mol. The molecule has 0 spiro atoms. The van der Waals surface area contributed by atoms with Gasteiger partial charge in [0.15, 0.2) is 11.5 Å². The summed E-state index contributed by atoms with van der Waals surface area (Å²) in [4.78, 5) is 27.6. The fraction of sp³-hybridized carbons (Fsp3) is 0.680. The summed E-state index contributed by atoms with van der Waals surface area (Å²) in [6.07, 6.45) is 0.849. The lowest BCUT2D eigenvalue weighted by Crippen LogP contribution is -2.62. The van der Waals surface area contributed by atoms with Gasteiger partial charge in [-0.05, 0) is 56.9 Å². The molecule has 1 fully saturated rings. The number of methoxy groups -OCH3 is 2. The maximum atomic E-state index is 13.1. The molecule has 2 aliphatic heterocycles. The lowest BCUT2D eigenvalue weighted by molar-refractivity contribution is -0.123. The van der Waals surface area contributed by atoms with Crippen molar-refractivity contribution in [1.29, 1.82) is 0 Å². The minimum absolute atomic E-state index is 0.00108. The molecule has 196 valence electrons. The van der Waals surface area contributed by atoms with Crippen LogP contribution in [0.3, 0.4) is 0 Å². The second kappa shape index (κ2) is 11.6. The number of rotatable bonds is 8. The van der Waals surface area contributed by atoms with E-state index in [4.69, 9.17) is 25.8 Å². The highest BCUT2D eigenvalue weighted by Crippen LogP contribution is 2.42. The minimum atomic E-state index is -0.655. The Morgan fingerprint density at radius 3 is 2.46 bits per heavy atom. The van der Waals surface area contributed by atoms with Gasteiger partial charge < -0.3 is 24.8 Å². The number of hydrogen-bond donors (Lipinski definition) is 2. The maximum absolute atomic E-state index is 13.1. The van der Waals surface area contributed by atoms with Crippen LogP contribution in [0.25, 0.3) is 0 Å². The van der Waals surface area contributed by atoms with Gasteiger partial charge in [0.05, 0.1) is 33.0 Å². The van der Waals surface area contributed by atoms with Crippen molar-refractivity contribution in [3.05, 3.63) is 23.3 Å². The number of benzene rings is 1. The molecule has 0 bridgehead atoms. The van der Waals surface area contributed by atoms with E-state index in [-0.39, 0.29) is 36.3 Å². The summed E-state index contributed by atoms with van der Waals surface area (Å²) in [5, 5.41) is 5.98. The Hall–Kier alpha value is -2.26. The van der Waals surface area contributed by atoms with Crippen molar-refractivity contribution in [2.45, 2.75) is 63.8 Å². The molecule has 1 aromatic rings. The molecule has 4 atom stereocenters. The van der Waals surface area contributed by atoms with Crippen LogP contribution >= 0.6 is 11.6 Å². The molecule has 0 saturated carbocycles. The maximum Gasteiger partial charge on any atom is 0.407 e. The molecule has 8 nitrogen and oxygen atoms in total. The molecule has 2 aliphatic rings. The summed E-state index contributed by atoms with van der Waals surface area (Å²) in [5.41, 5.74) is 1.64. The first-order chi connectivity index (χ1) is 16.6. The van der Waals surface area contributed by atoms with Crippen LogP contribution in [-0.4, -0.2) is 74.4 Å². The summed E-state index contributed by atoms with van der Waals surface area (Å²) in [5.74, 6) is 0.597. The van der Waals surface area contributed by atoms with Crippen molar-refractivity contribution in [2.75, 3.05) is 39.9 Å². The van der Waals surface area contributed by atoms with Gasteiger partial charge in [-0.1, -0.05) is 0 Å². The SMILES string of the molecule is COc1cc2c(cc1OC)[C@@H]1CC(NC(=O)OC(C)(C)C)[C@@H](NC(=O)C[C@@H](CF)CCl)CN1CC2. The Morgan fingerprint density at radius 1 is 1.17 bits per heavy atom. The Kier molecular flexibility index (Phi) is 9.10. The van der Waals surface area contributed by atoms with E-state index in [9.17, 15) is 14.0 Å². The molecule has 2 N–H and O–H groups in total. The van der Waals surface area contributed by atoms with E-state index in [0.717, 1.165) is 18.5 Å². The number of carbonyl (C=O) groups excluding carboxylic acids is 2. The zero-order valence-corrected chi connectivity index (χ0v) is 21.9. The van der Waals surface area contributed by atoms with Gasteiger partial charge >= 0.3 is 6.09 Å². The number of hydrogen-bond acceptors (Lipinski definition) is 6. The third kappa shape index (κ3) is 6.91. The third-order valence-electron chi connectivity index (χ3n) is 6.47.